The third-order valence-corrected chi connectivity index (χ3v) is 4.45. The van der Waals surface area contributed by atoms with Gasteiger partial charge >= 0.3 is 0 Å². The van der Waals surface area contributed by atoms with E-state index in [9.17, 15) is 0 Å². The summed E-state index contributed by atoms with van der Waals surface area (Å²) in [6.45, 7) is 5.40. The van der Waals surface area contributed by atoms with Crippen LogP contribution in [0.2, 0.25) is 0 Å². The molecule has 0 atom stereocenters. The molecule has 0 aromatic carbocycles. The van der Waals surface area contributed by atoms with Gasteiger partial charge in [-0.05, 0) is 11.4 Å². The van der Waals surface area contributed by atoms with E-state index in [1.54, 1.807) is 0 Å². The van der Waals surface area contributed by atoms with Gasteiger partial charge in [0, 0.05) is 6.92 Å². The first kappa shape index (κ1) is 19.2. The number of hydrogen-bond acceptors (Lipinski definition) is 2. The highest BCUT2D eigenvalue weighted by molar-refractivity contribution is 5.61. The molecule has 1 aliphatic rings. The lowest BCUT2D eigenvalue weighted by atomic mass is 10.0. The lowest BCUT2D eigenvalue weighted by Gasteiger charge is -2.04. The molecule has 0 saturated heterocycles. The lowest BCUT2D eigenvalue weighted by Crippen LogP contribution is -2.13. The number of rotatable bonds is 15. The minimum Gasteiger partial charge on any atom is -0.173 e. The number of aliphatic imine (C=N–C) groups is 1. The van der Waals surface area contributed by atoms with Crippen molar-refractivity contribution in [2.75, 3.05) is 6.54 Å². The first-order valence-electron chi connectivity index (χ1n) is 9.74. The van der Waals surface area contributed by atoms with E-state index in [0.29, 0.717) is 0 Å². The monoisotopic (exact) mass is 305 g/mol. The van der Waals surface area contributed by atoms with Crippen LogP contribution in [0.25, 0.3) is 0 Å². The predicted octanol–water partition coefficient (Wildman–Crippen LogP) is 6.55. The van der Waals surface area contributed by atoms with Gasteiger partial charge in [0.15, 0.2) is 6.20 Å². The number of hydrogen-bond donors (Lipinski definition) is 0. The Balaban J connectivity index is 1.71. The van der Waals surface area contributed by atoms with Crippen molar-refractivity contribution in [2.24, 2.45) is 4.99 Å². The van der Waals surface area contributed by atoms with Crippen LogP contribution in [-0.2, 0) is 0 Å². The zero-order valence-corrected chi connectivity index (χ0v) is 15.1. The van der Waals surface area contributed by atoms with Crippen LogP contribution in [0.4, 0.5) is 0 Å². The Morgan fingerprint density at radius 1 is 0.773 bits per heavy atom. The van der Waals surface area contributed by atoms with Gasteiger partial charge in [-0.25, -0.2) is 0 Å². The van der Waals surface area contributed by atoms with Crippen LogP contribution >= 0.6 is 0 Å². The Bertz CT molecular complexity index is 307. The quantitative estimate of drug-likeness (QED) is 0.247. The van der Waals surface area contributed by atoms with Crippen LogP contribution in [0, 0.1) is 0 Å². The summed E-state index contributed by atoms with van der Waals surface area (Å²) in [6, 6.07) is 0. The van der Waals surface area contributed by atoms with Crippen molar-refractivity contribution < 1.29 is 0 Å². The van der Waals surface area contributed by atoms with Crippen LogP contribution < -0.4 is 0 Å². The highest BCUT2D eigenvalue weighted by atomic mass is 15.2. The maximum absolute atomic E-state index is 4.14. The van der Waals surface area contributed by atoms with Crippen LogP contribution in [0.5, 0.6) is 0 Å². The second-order valence-electron chi connectivity index (χ2n) is 6.77. The molecule has 0 amide bonds. The zero-order valence-electron chi connectivity index (χ0n) is 15.1. The molecule has 22 heavy (non-hydrogen) atoms. The SMILES string of the molecule is CCCCCCCCCCCCCCCCN1[C+]=NC(C)=C1. The molecule has 0 aromatic rings. The fourth-order valence-corrected chi connectivity index (χ4v) is 3.02. The molecule has 1 aliphatic heterocycles. The predicted molar refractivity (Wildman–Crippen MR) is 98.2 cm³/mol. The summed E-state index contributed by atoms with van der Waals surface area (Å²) in [4.78, 5) is 6.23. The number of unbranched alkanes of at least 4 members (excludes halogenated alkanes) is 13. The maximum atomic E-state index is 4.14. The van der Waals surface area contributed by atoms with E-state index in [1.807, 2.05) is 6.92 Å². The fraction of sp³-hybridized carbons (Fsp3) is 0.850. The Kier molecular flexibility index (Phi) is 12.0. The van der Waals surface area contributed by atoms with Crippen molar-refractivity contribution in [1.82, 2.24) is 4.90 Å². The van der Waals surface area contributed by atoms with Crippen molar-refractivity contribution in [3.05, 3.63) is 11.9 Å². The minimum absolute atomic E-state index is 1.07. The van der Waals surface area contributed by atoms with Crippen LogP contribution in [0.15, 0.2) is 16.9 Å². The van der Waals surface area contributed by atoms with E-state index < -0.39 is 0 Å². The molecule has 0 radical (unpaired) electrons. The summed E-state index contributed by atoms with van der Waals surface area (Å²) in [5.74, 6) is 0. The zero-order chi connectivity index (χ0) is 15.9. The molecular formula is C20H37N2+. The van der Waals surface area contributed by atoms with Crippen molar-refractivity contribution in [3.63, 3.8) is 0 Å². The average Bonchev–Trinajstić information content (AvgIpc) is 2.93. The van der Waals surface area contributed by atoms with Gasteiger partial charge in [0.2, 0.25) is 5.70 Å². The number of allylic oxidation sites excluding steroid dienone is 1. The molecule has 0 bridgehead atoms. The Labute approximate surface area is 139 Å². The molecule has 0 fully saturated rings. The van der Waals surface area contributed by atoms with Crippen molar-refractivity contribution in [2.45, 2.75) is 104 Å². The molecule has 1 heterocycles. The normalized spacial score (nSPS) is 13.5. The molecule has 2 nitrogen and oxygen atoms in total. The van der Waals surface area contributed by atoms with E-state index >= 15 is 0 Å². The fourth-order valence-electron chi connectivity index (χ4n) is 3.02. The minimum atomic E-state index is 1.07. The molecule has 0 aliphatic carbocycles. The van der Waals surface area contributed by atoms with Gasteiger partial charge in [-0.3, -0.25) is 0 Å². The lowest BCUT2D eigenvalue weighted by molar-refractivity contribution is 0.503. The summed E-state index contributed by atoms with van der Waals surface area (Å²) in [5.41, 5.74) is 1.07. The smallest absolute Gasteiger partial charge is 0.173 e. The van der Waals surface area contributed by atoms with Crippen LogP contribution in [0.1, 0.15) is 104 Å². The highest BCUT2D eigenvalue weighted by Gasteiger charge is 2.14. The number of nitrogens with zero attached hydrogens (tertiary/aromatic N) is 2. The molecule has 0 N–H and O–H groups in total. The summed E-state index contributed by atoms with van der Waals surface area (Å²) in [7, 11) is 0. The van der Waals surface area contributed by atoms with Gasteiger partial charge in [0.1, 0.15) is 0 Å². The summed E-state index contributed by atoms with van der Waals surface area (Å²) >= 11 is 0. The molecule has 1 rings (SSSR count). The van der Waals surface area contributed by atoms with Crippen molar-refractivity contribution in [3.8, 4) is 0 Å². The van der Waals surface area contributed by atoms with Crippen LogP contribution in [0.3, 0.4) is 0 Å². The van der Waals surface area contributed by atoms with Gasteiger partial charge in [0.05, 0.1) is 6.54 Å². The van der Waals surface area contributed by atoms with Crippen molar-refractivity contribution >= 4 is 6.34 Å². The third-order valence-electron chi connectivity index (χ3n) is 4.45. The van der Waals surface area contributed by atoms with Gasteiger partial charge in [0.25, 0.3) is 6.34 Å². The largest absolute Gasteiger partial charge is 0.255 e. The van der Waals surface area contributed by atoms with Crippen molar-refractivity contribution in [1.29, 1.82) is 0 Å². The Morgan fingerprint density at radius 3 is 1.64 bits per heavy atom. The van der Waals surface area contributed by atoms with E-state index in [2.05, 4.69) is 29.4 Å². The van der Waals surface area contributed by atoms with Crippen LogP contribution in [-0.4, -0.2) is 17.8 Å². The molecule has 0 aromatic heterocycles. The summed E-state index contributed by atoms with van der Waals surface area (Å²) < 4.78 is 0. The van der Waals surface area contributed by atoms with E-state index in [1.165, 1.54) is 89.9 Å². The van der Waals surface area contributed by atoms with Gasteiger partial charge in [-0.1, -0.05) is 90.4 Å². The molecule has 0 spiro atoms. The summed E-state index contributed by atoms with van der Waals surface area (Å²) in [5, 5.41) is 0. The van der Waals surface area contributed by atoms with E-state index in [4.69, 9.17) is 0 Å². The van der Waals surface area contributed by atoms with Gasteiger partial charge < -0.3 is 0 Å². The Hall–Kier alpha value is -0.880. The molecule has 126 valence electrons. The van der Waals surface area contributed by atoms with E-state index in [0.717, 1.165) is 12.2 Å². The standard InChI is InChI=1S/C20H37N2/c1-3-4-5-6-7-8-9-10-11-12-13-14-15-16-17-22-18-20(2)21-19-22/h18H,3-17H2,1-2H3/q+1. The van der Waals surface area contributed by atoms with Gasteiger partial charge in [-0.15, -0.1) is 0 Å². The first-order chi connectivity index (χ1) is 10.8. The van der Waals surface area contributed by atoms with E-state index in [-0.39, 0.29) is 0 Å². The second-order valence-corrected chi connectivity index (χ2v) is 6.77. The van der Waals surface area contributed by atoms with Gasteiger partial charge in [-0.2, -0.15) is 4.90 Å². The maximum Gasteiger partial charge on any atom is 0.255 e. The Morgan fingerprint density at radius 2 is 1.23 bits per heavy atom. The average molecular weight is 306 g/mol. The summed E-state index contributed by atoms with van der Waals surface area (Å²) in [6.07, 6.45) is 25.0. The topological polar surface area (TPSA) is 15.6 Å². The highest BCUT2D eigenvalue weighted by Crippen LogP contribution is 2.13. The molecule has 0 unspecified atom stereocenters. The first-order valence-corrected chi connectivity index (χ1v) is 9.74. The third kappa shape index (κ3) is 10.8. The second kappa shape index (κ2) is 13.8. The molecular weight excluding hydrogens is 268 g/mol. The molecule has 0 saturated carbocycles. The molecule has 2 heteroatoms.